The first-order chi connectivity index (χ1) is 6.84. The Morgan fingerprint density at radius 2 is 2.14 bits per heavy atom. The van der Waals surface area contributed by atoms with Crippen molar-refractivity contribution in [3.63, 3.8) is 0 Å². The van der Waals surface area contributed by atoms with Crippen LogP contribution in [0.2, 0.25) is 0 Å². The first-order valence-electron chi connectivity index (χ1n) is 5.27. The fourth-order valence-electron chi connectivity index (χ4n) is 2.00. The Morgan fingerprint density at radius 1 is 1.36 bits per heavy atom. The summed E-state index contributed by atoms with van der Waals surface area (Å²) in [6, 6.07) is 3.38. The van der Waals surface area contributed by atoms with Crippen LogP contribution in [-0.4, -0.2) is 11.5 Å². The van der Waals surface area contributed by atoms with Crippen molar-refractivity contribution in [3.05, 3.63) is 28.7 Å². The van der Waals surface area contributed by atoms with Crippen molar-refractivity contribution >= 4 is 5.69 Å². The smallest absolute Gasteiger partial charge is 0.248 e. The number of pyridine rings is 1. The number of nitrogens with one attached hydrogen (secondary N) is 2. The number of H-pyrrole nitrogens is 1. The highest BCUT2D eigenvalue weighted by molar-refractivity contribution is 5.39. The molecule has 0 radical (unpaired) electrons. The third-order valence-corrected chi connectivity index (χ3v) is 2.85. The molecule has 0 saturated heterocycles. The highest BCUT2D eigenvalue weighted by atomic mass is 16.1. The molecule has 2 N–H and O–H groups in total. The van der Waals surface area contributed by atoms with E-state index in [0.717, 1.165) is 18.2 Å². The van der Waals surface area contributed by atoms with E-state index in [9.17, 15) is 4.79 Å². The molecule has 1 aliphatic rings. The molecule has 0 aliphatic heterocycles. The quantitative estimate of drug-likeness (QED) is 0.769. The van der Waals surface area contributed by atoms with Gasteiger partial charge in [-0.25, -0.2) is 0 Å². The van der Waals surface area contributed by atoms with Crippen LogP contribution in [0.4, 0.5) is 5.69 Å². The van der Waals surface area contributed by atoms with E-state index in [1.165, 1.54) is 25.7 Å². The van der Waals surface area contributed by atoms with Crippen molar-refractivity contribution in [3.8, 4) is 0 Å². The van der Waals surface area contributed by atoms with Crippen molar-refractivity contribution in [1.29, 1.82) is 0 Å². The molecule has 0 bridgehead atoms. The molecule has 0 unspecified atom stereocenters. The number of aromatic amines is 1. The van der Waals surface area contributed by atoms with E-state index in [4.69, 9.17) is 0 Å². The van der Waals surface area contributed by atoms with E-state index in [0.29, 0.717) is 0 Å². The Morgan fingerprint density at radius 3 is 2.79 bits per heavy atom. The Balaban J connectivity index is 1.85. The minimum Gasteiger partial charge on any atom is -0.384 e. The van der Waals surface area contributed by atoms with Gasteiger partial charge in [-0.2, -0.15) is 0 Å². The average molecular weight is 192 g/mol. The molecule has 1 aliphatic carbocycles. The van der Waals surface area contributed by atoms with E-state index in [1.54, 1.807) is 12.3 Å². The van der Waals surface area contributed by atoms with Crippen molar-refractivity contribution in [2.24, 2.45) is 5.92 Å². The minimum absolute atomic E-state index is 0.0450. The van der Waals surface area contributed by atoms with Gasteiger partial charge in [0.05, 0.1) is 5.69 Å². The zero-order valence-corrected chi connectivity index (χ0v) is 8.25. The van der Waals surface area contributed by atoms with Crippen LogP contribution in [0, 0.1) is 5.92 Å². The Bertz CT molecular complexity index is 319. The SMILES string of the molecule is O=c1ccc(NCC2CCCC2)c[nH]1. The number of aromatic nitrogens is 1. The van der Waals surface area contributed by atoms with Gasteiger partial charge in [-0.05, 0) is 24.8 Å². The summed E-state index contributed by atoms with van der Waals surface area (Å²) in [6.07, 6.45) is 7.17. The van der Waals surface area contributed by atoms with E-state index in [1.807, 2.05) is 6.07 Å². The van der Waals surface area contributed by atoms with Gasteiger partial charge >= 0.3 is 0 Å². The summed E-state index contributed by atoms with van der Waals surface area (Å²) in [5, 5.41) is 3.34. The molecule has 3 nitrogen and oxygen atoms in total. The van der Waals surface area contributed by atoms with E-state index in [2.05, 4.69) is 10.3 Å². The van der Waals surface area contributed by atoms with Crippen molar-refractivity contribution in [2.45, 2.75) is 25.7 Å². The summed E-state index contributed by atoms with van der Waals surface area (Å²) < 4.78 is 0. The molecule has 2 rings (SSSR count). The molecular formula is C11H16N2O. The molecule has 0 aromatic carbocycles. The Labute approximate surface area is 83.5 Å². The second kappa shape index (κ2) is 4.31. The standard InChI is InChI=1S/C11H16N2O/c14-11-6-5-10(8-13-11)12-7-9-3-1-2-4-9/h5-6,8-9,12H,1-4,7H2,(H,13,14). The highest BCUT2D eigenvalue weighted by Gasteiger charge is 2.13. The molecule has 14 heavy (non-hydrogen) atoms. The molecule has 0 atom stereocenters. The lowest BCUT2D eigenvalue weighted by molar-refractivity contribution is 0.580. The van der Waals surface area contributed by atoms with Crippen LogP contribution < -0.4 is 10.9 Å². The summed E-state index contributed by atoms with van der Waals surface area (Å²) >= 11 is 0. The number of hydrogen-bond donors (Lipinski definition) is 2. The van der Waals surface area contributed by atoms with Gasteiger partial charge in [0.15, 0.2) is 0 Å². The Hall–Kier alpha value is -1.25. The van der Waals surface area contributed by atoms with Crippen molar-refractivity contribution < 1.29 is 0 Å². The first kappa shape index (κ1) is 9.31. The molecule has 1 aromatic rings. The second-order valence-electron chi connectivity index (χ2n) is 3.97. The summed E-state index contributed by atoms with van der Waals surface area (Å²) in [4.78, 5) is 13.5. The second-order valence-corrected chi connectivity index (χ2v) is 3.97. The van der Waals surface area contributed by atoms with Crippen LogP contribution in [-0.2, 0) is 0 Å². The summed E-state index contributed by atoms with van der Waals surface area (Å²) in [5.41, 5.74) is 0.966. The van der Waals surface area contributed by atoms with Gasteiger partial charge in [0, 0.05) is 18.8 Å². The van der Waals surface area contributed by atoms with Gasteiger partial charge in [0.25, 0.3) is 0 Å². The fourth-order valence-corrected chi connectivity index (χ4v) is 2.00. The van der Waals surface area contributed by atoms with Crippen LogP contribution in [0.1, 0.15) is 25.7 Å². The molecule has 1 aromatic heterocycles. The van der Waals surface area contributed by atoms with Gasteiger partial charge in [-0.3, -0.25) is 4.79 Å². The molecule has 3 heteroatoms. The molecule has 1 fully saturated rings. The topological polar surface area (TPSA) is 44.9 Å². The maximum absolute atomic E-state index is 10.8. The summed E-state index contributed by atoms with van der Waals surface area (Å²) in [5.74, 6) is 0.821. The van der Waals surface area contributed by atoms with Gasteiger partial charge in [-0.1, -0.05) is 12.8 Å². The third-order valence-electron chi connectivity index (χ3n) is 2.85. The normalized spacial score (nSPS) is 17.1. The third kappa shape index (κ3) is 2.37. The fraction of sp³-hybridized carbons (Fsp3) is 0.545. The molecule has 0 amide bonds. The number of anilines is 1. The molecule has 1 heterocycles. The largest absolute Gasteiger partial charge is 0.384 e. The predicted molar refractivity (Wildman–Crippen MR) is 57.5 cm³/mol. The molecule has 76 valence electrons. The lowest BCUT2D eigenvalue weighted by Gasteiger charge is -2.10. The van der Waals surface area contributed by atoms with E-state index < -0.39 is 0 Å². The van der Waals surface area contributed by atoms with Crippen LogP contribution >= 0.6 is 0 Å². The zero-order chi connectivity index (χ0) is 9.80. The van der Waals surface area contributed by atoms with E-state index >= 15 is 0 Å². The minimum atomic E-state index is -0.0450. The zero-order valence-electron chi connectivity index (χ0n) is 8.25. The Kier molecular flexibility index (Phi) is 2.87. The van der Waals surface area contributed by atoms with Gasteiger partial charge in [-0.15, -0.1) is 0 Å². The lowest BCUT2D eigenvalue weighted by Crippen LogP contribution is -2.12. The van der Waals surface area contributed by atoms with Crippen molar-refractivity contribution in [1.82, 2.24) is 4.98 Å². The number of rotatable bonds is 3. The van der Waals surface area contributed by atoms with Gasteiger partial charge < -0.3 is 10.3 Å². The van der Waals surface area contributed by atoms with Crippen LogP contribution in [0.5, 0.6) is 0 Å². The maximum atomic E-state index is 10.8. The summed E-state index contributed by atoms with van der Waals surface area (Å²) in [7, 11) is 0. The van der Waals surface area contributed by atoms with Crippen LogP contribution in [0.15, 0.2) is 23.1 Å². The maximum Gasteiger partial charge on any atom is 0.248 e. The van der Waals surface area contributed by atoms with Crippen molar-refractivity contribution in [2.75, 3.05) is 11.9 Å². The van der Waals surface area contributed by atoms with Gasteiger partial charge in [0.2, 0.25) is 5.56 Å². The van der Waals surface area contributed by atoms with Gasteiger partial charge in [0.1, 0.15) is 0 Å². The lowest BCUT2D eigenvalue weighted by atomic mass is 10.1. The van der Waals surface area contributed by atoms with Crippen LogP contribution in [0.25, 0.3) is 0 Å². The monoisotopic (exact) mass is 192 g/mol. The summed E-state index contributed by atoms with van der Waals surface area (Å²) in [6.45, 7) is 1.03. The highest BCUT2D eigenvalue weighted by Crippen LogP contribution is 2.24. The molecule has 1 saturated carbocycles. The first-order valence-corrected chi connectivity index (χ1v) is 5.27. The van der Waals surface area contributed by atoms with E-state index in [-0.39, 0.29) is 5.56 Å². The van der Waals surface area contributed by atoms with Crippen LogP contribution in [0.3, 0.4) is 0 Å². The molecule has 0 spiro atoms. The number of hydrogen-bond acceptors (Lipinski definition) is 2. The molecular weight excluding hydrogens is 176 g/mol. The predicted octanol–water partition coefficient (Wildman–Crippen LogP) is 1.98. The average Bonchev–Trinajstić information content (AvgIpc) is 2.70.